The quantitative estimate of drug-likeness (QED) is 0.801. The van der Waals surface area contributed by atoms with Crippen molar-refractivity contribution in [2.45, 2.75) is 19.7 Å². The number of nitriles is 1. The molecule has 1 atom stereocenters. The third-order valence-electron chi connectivity index (χ3n) is 4.33. The smallest absolute Gasteiger partial charge is 0.141 e. The van der Waals surface area contributed by atoms with Crippen LogP contribution in [0.4, 0.5) is 5.82 Å². The van der Waals surface area contributed by atoms with Gasteiger partial charge in [0, 0.05) is 22.4 Å². The van der Waals surface area contributed by atoms with Crippen LogP contribution in [-0.4, -0.2) is 46.7 Å². The van der Waals surface area contributed by atoms with Crippen molar-refractivity contribution in [3.8, 4) is 6.07 Å². The van der Waals surface area contributed by atoms with E-state index in [-0.39, 0.29) is 6.04 Å². The fraction of sp³-hybridized carbons (Fsp3) is 0.444. The lowest BCUT2D eigenvalue weighted by Gasteiger charge is -2.25. The highest BCUT2D eigenvalue weighted by Crippen LogP contribution is 2.36. The lowest BCUT2D eigenvalue weighted by Crippen LogP contribution is -2.27. The zero-order valence-corrected chi connectivity index (χ0v) is 16.0. The Labute approximate surface area is 150 Å². The van der Waals surface area contributed by atoms with Gasteiger partial charge in [0.25, 0.3) is 0 Å². The molecule has 25 heavy (non-hydrogen) atoms. The van der Waals surface area contributed by atoms with Crippen LogP contribution in [0.5, 0.6) is 0 Å². The van der Waals surface area contributed by atoms with Crippen molar-refractivity contribution in [1.82, 2.24) is 9.55 Å². The minimum Gasteiger partial charge on any atom is -0.400 e. The molecule has 0 bridgehead atoms. The lowest BCUT2D eigenvalue weighted by molar-refractivity contribution is 0.0938. The molecule has 0 aliphatic carbocycles. The summed E-state index contributed by atoms with van der Waals surface area (Å²) in [6.07, 6.45) is 10.6. The van der Waals surface area contributed by atoms with Crippen molar-refractivity contribution in [2.75, 3.05) is 36.4 Å². The van der Waals surface area contributed by atoms with E-state index in [2.05, 4.69) is 39.7 Å². The van der Waals surface area contributed by atoms with Crippen LogP contribution in [0.3, 0.4) is 0 Å². The monoisotopic (exact) mass is 359 g/mol. The molecule has 7 heteroatoms. The number of rotatable bonds is 5. The summed E-state index contributed by atoms with van der Waals surface area (Å²) in [5.74, 6) is 2.04. The number of hydrogen-bond acceptors (Lipinski definition) is 5. The fourth-order valence-electron chi connectivity index (χ4n) is 2.81. The maximum absolute atomic E-state index is 9.15. The number of ether oxygens (including phenoxy) is 1. The SMILES string of the molecule is CC1Nc2c(c3cc(C#N)ncc3n2COCCS(C)(C)C)C=C1N. The van der Waals surface area contributed by atoms with Gasteiger partial charge in [0.2, 0.25) is 0 Å². The lowest BCUT2D eigenvalue weighted by atomic mass is 10.1. The minimum atomic E-state index is -0.574. The summed E-state index contributed by atoms with van der Waals surface area (Å²) in [7, 11) is -0.574. The Hall–Kier alpha value is -2.17. The van der Waals surface area contributed by atoms with E-state index >= 15 is 0 Å². The second-order valence-corrected chi connectivity index (χ2v) is 11.8. The molecule has 1 unspecified atom stereocenters. The van der Waals surface area contributed by atoms with Gasteiger partial charge >= 0.3 is 0 Å². The van der Waals surface area contributed by atoms with E-state index in [4.69, 9.17) is 15.7 Å². The molecule has 0 radical (unpaired) electrons. The van der Waals surface area contributed by atoms with Crippen molar-refractivity contribution >= 4 is 32.8 Å². The molecule has 6 nitrogen and oxygen atoms in total. The molecule has 3 N–H and O–H groups in total. The van der Waals surface area contributed by atoms with E-state index in [1.54, 1.807) is 6.20 Å². The van der Waals surface area contributed by atoms with Crippen molar-refractivity contribution in [2.24, 2.45) is 5.73 Å². The summed E-state index contributed by atoms with van der Waals surface area (Å²) in [5, 5.41) is 13.6. The fourth-order valence-corrected chi connectivity index (χ4v) is 3.43. The molecule has 134 valence electrons. The van der Waals surface area contributed by atoms with Gasteiger partial charge in [-0.25, -0.2) is 15.0 Å². The van der Waals surface area contributed by atoms with E-state index < -0.39 is 10.0 Å². The standard InChI is InChI=1S/C18H25N5OS/c1-12-16(20)8-15-14-7-13(9-19)21-10-17(14)23(18(15)22-12)11-24-5-6-25(2,3)4/h7-8,10,12,22H,5-6,11,20H2,1-4H3. The molecule has 1 aliphatic heterocycles. The first kappa shape index (κ1) is 17.6. The molecule has 0 amide bonds. The van der Waals surface area contributed by atoms with Crippen LogP contribution < -0.4 is 11.1 Å². The summed E-state index contributed by atoms with van der Waals surface area (Å²) < 4.78 is 8.03. The molecule has 3 heterocycles. The molecule has 0 saturated heterocycles. The van der Waals surface area contributed by atoms with E-state index in [9.17, 15) is 0 Å². The number of fused-ring (bicyclic) bond motifs is 3. The second kappa shape index (κ2) is 6.62. The topological polar surface area (TPSA) is 88.9 Å². The Balaban J connectivity index is 1.98. The van der Waals surface area contributed by atoms with Gasteiger partial charge in [-0.05, 0) is 37.8 Å². The molecule has 2 aromatic heterocycles. The summed E-state index contributed by atoms with van der Waals surface area (Å²) in [5.41, 5.74) is 9.23. The Morgan fingerprint density at radius 1 is 1.44 bits per heavy atom. The Bertz CT molecular complexity index is 872. The first-order valence-electron chi connectivity index (χ1n) is 8.20. The first-order chi connectivity index (χ1) is 11.8. The molecule has 0 aromatic carbocycles. The highest BCUT2D eigenvalue weighted by atomic mass is 32.3. The van der Waals surface area contributed by atoms with Crippen LogP contribution in [0.15, 0.2) is 18.0 Å². The van der Waals surface area contributed by atoms with E-state index in [0.717, 1.165) is 40.3 Å². The van der Waals surface area contributed by atoms with Gasteiger partial charge in [-0.1, -0.05) is 0 Å². The van der Waals surface area contributed by atoms with Crippen LogP contribution in [-0.2, 0) is 11.5 Å². The van der Waals surface area contributed by atoms with Crippen LogP contribution in [0, 0.1) is 11.3 Å². The van der Waals surface area contributed by atoms with Crippen molar-refractivity contribution in [1.29, 1.82) is 5.26 Å². The third kappa shape index (κ3) is 3.60. The summed E-state index contributed by atoms with van der Waals surface area (Å²) in [6.45, 7) is 3.20. The van der Waals surface area contributed by atoms with Crippen LogP contribution in [0.25, 0.3) is 17.0 Å². The number of nitrogens with zero attached hydrogens (tertiary/aromatic N) is 3. The Morgan fingerprint density at radius 3 is 2.88 bits per heavy atom. The van der Waals surface area contributed by atoms with Gasteiger partial charge in [-0.3, -0.25) is 0 Å². The maximum Gasteiger partial charge on any atom is 0.141 e. The number of pyridine rings is 1. The number of anilines is 1. The van der Waals surface area contributed by atoms with Gasteiger partial charge in [0.15, 0.2) is 0 Å². The largest absolute Gasteiger partial charge is 0.400 e. The third-order valence-corrected chi connectivity index (χ3v) is 5.72. The summed E-state index contributed by atoms with van der Waals surface area (Å²) in [4.78, 5) is 4.22. The molecule has 0 saturated carbocycles. The summed E-state index contributed by atoms with van der Waals surface area (Å²) in [6, 6.07) is 3.97. The Morgan fingerprint density at radius 2 is 2.20 bits per heavy atom. The van der Waals surface area contributed by atoms with Gasteiger partial charge in [0.1, 0.15) is 24.3 Å². The van der Waals surface area contributed by atoms with Crippen molar-refractivity contribution < 1.29 is 4.74 Å². The predicted molar refractivity (Wildman–Crippen MR) is 106 cm³/mol. The van der Waals surface area contributed by atoms with E-state index in [1.165, 1.54) is 0 Å². The number of nitrogens with two attached hydrogens (primary N) is 1. The average molecular weight is 359 g/mol. The minimum absolute atomic E-state index is 0.0537. The number of nitrogens with one attached hydrogen (secondary N) is 1. The summed E-state index contributed by atoms with van der Waals surface area (Å²) >= 11 is 0. The van der Waals surface area contributed by atoms with Crippen LogP contribution >= 0.6 is 10.0 Å². The van der Waals surface area contributed by atoms with Gasteiger partial charge in [-0.2, -0.15) is 5.26 Å². The normalized spacial score (nSPS) is 17.6. The number of aromatic nitrogens is 2. The molecular formula is C18H25N5OS. The molecule has 2 aromatic rings. The van der Waals surface area contributed by atoms with Gasteiger partial charge in [-0.15, -0.1) is 0 Å². The molecular weight excluding hydrogens is 334 g/mol. The van der Waals surface area contributed by atoms with Crippen molar-refractivity contribution in [3.05, 3.63) is 29.2 Å². The maximum atomic E-state index is 9.15. The number of hydrogen-bond donors (Lipinski definition) is 2. The second-order valence-electron chi connectivity index (χ2n) is 7.23. The van der Waals surface area contributed by atoms with Crippen molar-refractivity contribution in [3.63, 3.8) is 0 Å². The average Bonchev–Trinajstić information content (AvgIpc) is 2.83. The molecule has 3 rings (SSSR count). The first-order valence-corrected chi connectivity index (χ1v) is 11.2. The molecule has 0 fully saturated rings. The Kier molecular flexibility index (Phi) is 4.67. The highest BCUT2D eigenvalue weighted by molar-refractivity contribution is 8.32. The van der Waals surface area contributed by atoms with E-state index in [0.29, 0.717) is 12.4 Å². The zero-order valence-electron chi connectivity index (χ0n) is 15.2. The zero-order chi connectivity index (χ0) is 18.2. The van der Waals surface area contributed by atoms with E-state index in [1.807, 2.05) is 19.1 Å². The highest BCUT2D eigenvalue weighted by Gasteiger charge is 2.23. The van der Waals surface area contributed by atoms with Gasteiger partial charge < -0.3 is 20.4 Å². The molecule has 1 aliphatic rings. The van der Waals surface area contributed by atoms with Gasteiger partial charge in [0.05, 0.1) is 24.4 Å². The molecule has 0 spiro atoms. The van der Waals surface area contributed by atoms with Crippen LogP contribution in [0.2, 0.25) is 0 Å². The van der Waals surface area contributed by atoms with Crippen LogP contribution in [0.1, 0.15) is 18.2 Å². The predicted octanol–water partition coefficient (Wildman–Crippen LogP) is 2.69.